The first-order valence-corrected chi connectivity index (χ1v) is 6.37. The number of carbonyl (C=O) groups is 1. The van der Waals surface area contributed by atoms with E-state index in [1.165, 1.54) is 0 Å². The number of benzene rings is 1. The first kappa shape index (κ1) is 13.5. The van der Waals surface area contributed by atoms with E-state index in [0.29, 0.717) is 5.75 Å². The number of hydrogen-bond acceptors (Lipinski definition) is 4. The van der Waals surface area contributed by atoms with E-state index < -0.39 is 11.8 Å². The molecule has 0 amide bonds. The molecule has 1 aromatic carbocycles. The third-order valence-electron chi connectivity index (χ3n) is 3.59. The van der Waals surface area contributed by atoms with Gasteiger partial charge in [0.25, 0.3) is 0 Å². The quantitative estimate of drug-likeness (QED) is 0.474. The van der Waals surface area contributed by atoms with Gasteiger partial charge in [-0.2, -0.15) is 0 Å². The molecule has 0 fully saturated rings. The minimum absolute atomic E-state index is 0.123. The van der Waals surface area contributed by atoms with Crippen molar-refractivity contribution < 1.29 is 14.5 Å². The van der Waals surface area contributed by atoms with E-state index in [4.69, 9.17) is 4.74 Å². The summed E-state index contributed by atoms with van der Waals surface area (Å²) in [5.41, 5.74) is 0.758. The van der Waals surface area contributed by atoms with Crippen molar-refractivity contribution in [1.29, 1.82) is 0 Å². The molecule has 102 valence electrons. The van der Waals surface area contributed by atoms with Gasteiger partial charge in [-0.05, 0) is 12.0 Å². The van der Waals surface area contributed by atoms with Gasteiger partial charge >= 0.3 is 0 Å². The highest BCUT2D eigenvalue weighted by Crippen LogP contribution is 2.41. The molecule has 0 bridgehead atoms. The number of ether oxygens (including phenoxy) is 1. The summed E-state index contributed by atoms with van der Waals surface area (Å²) in [6.45, 7) is 3.67. The Morgan fingerprint density at radius 1 is 1.42 bits per heavy atom. The van der Waals surface area contributed by atoms with Crippen LogP contribution < -0.4 is 4.74 Å². The van der Waals surface area contributed by atoms with Crippen LogP contribution in [-0.2, 0) is 4.79 Å². The van der Waals surface area contributed by atoms with Crippen LogP contribution in [0, 0.1) is 22.0 Å². The number of hydrogen-bond donors (Lipinski definition) is 0. The standard InChI is InChI=1S/C14H17NO4/c1-9(2)14-12(8-16)11(7-15(17)18)10-5-3-4-6-13(10)19-14/h3-6,8-9,11-12,14H,7H2,1-2H3. The number of aldehydes is 1. The van der Waals surface area contributed by atoms with E-state index in [1.807, 2.05) is 26.0 Å². The molecule has 0 spiro atoms. The Morgan fingerprint density at radius 2 is 2.11 bits per heavy atom. The molecule has 0 N–H and O–H groups in total. The Bertz CT molecular complexity index is 486. The predicted octanol–water partition coefficient (Wildman–Crippen LogP) is 2.28. The highest BCUT2D eigenvalue weighted by atomic mass is 16.6. The normalized spacial score (nSPS) is 25.5. The molecule has 3 unspecified atom stereocenters. The second kappa shape index (κ2) is 5.38. The van der Waals surface area contributed by atoms with E-state index in [9.17, 15) is 14.9 Å². The van der Waals surface area contributed by atoms with Gasteiger partial charge in [0.2, 0.25) is 6.54 Å². The molecule has 2 rings (SSSR count). The lowest BCUT2D eigenvalue weighted by Gasteiger charge is -2.37. The first-order chi connectivity index (χ1) is 9.04. The summed E-state index contributed by atoms with van der Waals surface area (Å²) in [4.78, 5) is 21.9. The molecule has 0 saturated carbocycles. The van der Waals surface area contributed by atoms with Crippen LogP contribution in [0.5, 0.6) is 5.75 Å². The topological polar surface area (TPSA) is 69.4 Å². The molecule has 1 aromatic rings. The van der Waals surface area contributed by atoms with Crippen LogP contribution in [0.1, 0.15) is 25.3 Å². The largest absolute Gasteiger partial charge is 0.489 e. The maximum absolute atomic E-state index is 11.4. The third kappa shape index (κ3) is 2.59. The molecular formula is C14H17NO4. The number of nitrogens with zero attached hydrogens (tertiary/aromatic N) is 1. The van der Waals surface area contributed by atoms with Crippen LogP contribution in [0.2, 0.25) is 0 Å². The minimum atomic E-state index is -0.472. The average molecular weight is 263 g/mol. The molecule has 0 aliphatic carbocycles. The molecule has 0 aromatic heterocycles. The van der Waals surface area contributed by atoms with E-state index >= 15 is 0 Å². The molecule has 1 heterocycles. The molecule has 3 atom stereocenters. The van der Waals surface area contributed by atoms with Gasteiger partial charge < -0.3 is 9.53 Å². The van der Waals surface area contributed by atoms with Crippen molar-refractivity contribution in [2.24, 2.45) is 11.8 Å². The zero-order valence-corrected chi connectivity index (χ0v) is 11.0. The van der Waals surface area contributed by atoms with Crippen molar-refractivity contribution in [3.8, 4) is 5.75 Å². The van der Waals surface area contributed by atoms with E-state index in [1.54, 1.807) is 12.1 Å². The Morgan fingerprint density at radius 3 is 2.68 bits per heavy atom. The molecular weight excluding hydrogens is 246 g/mol. The molecule has 19 heavy (non-hydrogen) atoms. The van der Waals surface area contributed by atoms with Gasteiger partial charge in [0.05, 0.1) is 11.8 Å². The number of nitro groups is 1. The lowest BCUT2D eigenvalue weighted by atomic mass is 9.77. The molecule has 0 saturated heterocycles. The summed E-state index contributed by atoms with van der Waals surface area (Å²) >= 11 is 0. The van der Waals surface area contributed by atoms with Crippen molar-refractivity contribution >= 4 is 6.29 Å². The fraction of sp³-hybridized carbons (Fsp3) is 0.500. The van der Waals surface area contributed by atoms with Crippen LogP contribution in [0.3, 0.4) is 0 Å². The van der Waals surface area contributed by atoms with Gasteiger partial charge in [-0.15, -0.1) is 0 Å². The molecule has 1 aliphatic heterocycles. The molecule has 5 nitrogen and oxygen atoms in total. The zero-order chi connectivity index (χ0) is 14.0. The highest BCUT2D eigenvalue weighted by molar-refractivity contribution is 5.59. The fourth-order valence-corrected chi connectivity index (χ4v) is 2.69. The van der Waals surface area contributed by atoms with Crippen molar-refractivity contribution in [1.82, 2.24) is 0 Å². The highest BCUT2D eigenvalue weighted by Gasteiger charge is 2.41. The van der Waals surface area contributed by atoms with Crippen molar-refractivity contribution in [2.75, 3.05) is 6.54 Å². The molecule has 0 radical (unpaired) electrons. The summed E-state index contributed by atoms with van der Waals surface area (Å²) in [5.74, 6) is -0.103. The molecule has 1 aliphatic rings. The second-order valence-corrected chi connectivity index (χ2v) is 5.20. The van der Waals surface area contributed by atoms with Crippen LogP contribution in [-0.4, -0.2) is 23.9 Å². The Hall–Kier alpha value is -1.91. The van der Waals surface area contributed by atoms with Gasteiger partial charge in [0.1, 0.15) is 18.1 Å². The summed E-state index contributed by atoms with van der Waals surface area (Å²) in [6.07, 6.45) is 0.492. The van der Waals surface area contributed by atoms with E-state index in [2.05, 4.69) is 0 Å². The second-order valence-electron chi connectivity index (χ2n) is 5.20. The van der Waals surface area contributed by atoms with Crippen molar-refractivity contribution in [3.63, 3.8) is 0 Å². The van der Waals surface area contributed by atoms with Gasteiger partial charge in [0, 0.05) is 10.5 Å². The predicted molar refractivity (Wildman–Crippen MR) is 69.9 cm³/mol. The van der Waals surface area contributed by atoms with Crippen LogP contribution >= 0.6 is 0 Å². The van der Waals surface area contributed by atoms with Gasteiger partial charge in [-0.25, -0.2) is 0 Å². The molecule has 5 heteroatoms. The van der Waals surface area contributed by atoms with Gasteiger partial charge in [0.15, 0.2) is 0 Å². The Labute approximate surface area is 111 Å². The summed E-state index contributed by atoms with van der Waals surface area (Å²) in [7, 11) is 0. The lowest BCUT2D eigenvalue weighted by molar-refractivity contribution is -0.485. The number of fused-ring (bicyclic) bond motifs is 1. The lowest BCUT2D eigenvalue weighted by Crippen LogP contribution is -2.42. The summed E-state index contributed by atoms with van der Waals surface area (Å²) in [6, 6.07) is 7.25. The zero-order valence-electron chi connectivity index (χ0n) is 11.0. The average Bonchev–Trinajstić information content (AvgIpc) is 2.37. The van der Waals surface area contributed by atoms with Crippen LogP contribution in [0.4, 0.5) is 0 Å². The summed E-state index contributed by atoms with van der Waals surface area (Å²) < 4.78 is 5.85. The smallest absolute Gasteiger partial charge is 0.211 e. The van der Waals surface area contributed by atoms with E-state index in [-0.39, 0.29) is 23.5 Å². The monoisotopic (exact) mass is 263 g/mol. The van der Waals surface area contributed by atoms with Gasteiger partial charge in [-0.1, -0.05) is 32.0 Å². The number of carbonyl (C=O) groups excluding carboxylic acids is 1. The maximum atomic E-state index is 11.4. The van der Waals surface area contributed by atoms with Gasteiger partial charge in [-0.3, -0.25) is 10.1 Å². The summed E-state index contributed by atoms with van der Waals surface area (Å²) in [5, 5.41) is 10.9. The minimum Gasteiger partial charge on any atom is -0.489 e. The fourth-order valence-electron chi connectivity index (χ4n) is 2.69. The van der Waals surface area contributed by atoms with Crippen molar-refractivity contribution in [3.05, 3.63) is 39.9 Å². The SMILES string of the molecule is CC(C)C1Oc2ccccc2C(C[N+](=O)[O-])C1C=O. The number of rotatable bonds is 4. The third-order valence-corrected chi connectivity index (χ3v) is 3.59. The maximum Gasteiger partial charge on any atom is 0.211 e. The first-order valence-electron chi connectivity index (χ1n) is 6.37. The van der Waals surface area contributed by atoms with Crippen LogP contribution in [0.15, 0.2) is 24.3 Å². The Balaban J connectivity index is 2.45. The van der Waals surface area contributed by atoms with E-state index in [0.717, 1.165) is 11.8 Å². The Kier molecular flexibility index (Phi) is 3.83. The number of para-hydroxylation sites is 1. The van der Waals surface area contributed by atoms with Crippen molar-refractivity contribution in [2.45, 2.75) is 25.9 Å². The van der Waals surface area contributed by atoms with Crippen LogP contribution in [0.25, 0.3) is 0 Å².